The van der Waals surface area contributed by atoms with Crippen LogP contribution in [0.15, 0.2) is 48.5 Å². The molecule has 0 spiro atoms. The van der Waals surface area contributed by atoms with E-state index in [9.17, 15) is 19.3 Å². The fourth-order valence-electron chi connectivity index (χ4n) is 3.82. The summed E-state index contributed by atoms with van der Waals surface area (Å²) in [4.78, 5) is 25.4. The van der Waals surface area contributed by atoms with Gasteiger partial charge in [-0.25, -0.2) is 4.39 Å². The van der Waals surface area contributed by atoms with E-state index in [2.05, 4.69) is 0 Å². The number of hydrogen-bond acceptors (Lipinski definition) is 3. The van der Waals surface area contributed by atoms with E-state index < -0.39 is 4.92 Å². The molecule has 4 rings (SSSR count). The highest BCUT2D eigenvalue weighted by Crippen LogP contribution is 2.34. The predicted molar refractivity (Wildman–Crippen MR) is 104 cm³/mol. The van der Waals surface area contributed by atoms with Crippen molar-refractivity contribution in [2.24, 2.45) is 0 Å². The van der Waals surface area contributed by atoms with Gasteiger partial charge in [0.1, 0.15) is 5.82 Å². The van der Waals surface area contributed by atoms with Crippen LogP contribution in [0, 0.1) is 29.8 Å². The topological polar surface area (TPSA) is 68.4 Å². The van der Waals surface area contributed by atoms with Crippen LogP contribution in [0.1, 0.15) is 27.3 Å². The number of amides is 1. The van der Waals surface area contributed by atoms with Crippen molar-refractivity contribution in [3.05, 3.63) is 87.0 Å². The predicted octanol–water partition coefficient (Wildman–Crippen LogP) is 4.34. The maximum absolute atomic E-state index is 14.3. The molecule has 0 bridgehead atoms. The van der Waals surface area contributed by atoms with Gasteiger partial charge >= 0.3 is 0 Å². The number of benzene rings is 2. The molecule has 3 aromatic rings. The first kappa shape index (κ1) is 17.9. The summed E-state index contributed by atoms with van der Waals surface area (Å²) >= 11 is 0. The van der Waals surface area contributed by atoms with E-state index >= 15 is 0 Å². The fraction of sp³-hybridized carbons (Fsp3) is 0.190. The summed E-state index contributed by atoms with van der Waals surface area (Å²) in [7, 11) is 0. The summed E-state index contributed by atoms with van der Waals surface area (Å²) in [5.74, 6) is -0.611. The van der Waals surface area contributed by atoms with Crippen LogP contribution >= 0.6 is 0 Å². The Morgan fingerprint density at radius 3 is 2.57 bits per heavy atom. The molecule has 0 aliphatic carbocycles. The highest BCUT2D eigenvalue weighted by Gasteiger charge is 2.30. The Kier molecular flexibility index (Phi) is 4.22. The summed E-state index contributed by atoms with van der Waals surface area (Å²) in [6.07, 6.45) is 0.644. The van der Waals surface area contributed by atoms with Crippen LogP contribution in [0.4, 0.5) is 15.8 Å². The summed E-state index contributed by atoms with van der Waals surface area (Å²) in [5.41, 5.74) is 3.64. The lowest BCUT2D eigenvalue weighted by molar-refractivity contribution is -0.384. The molecule has 0 fully saturated rings. The largest absolute Gasteiger partial charge is 0.315 e. The van der Waals surface area contributed by atoms with Crippen molar-refractivity contribution in [3.63, 3.8) is 0 Å². The first-order valence-corrected chi connectivity index (χ1v) is 8.91. The number of hydrogen-bond donors (Lipinski definition) is 0. The third-order valence-corrected chi connectivity index (χ3v) is 5.18. The number of fused-ring (bicyclic) bond motifs is 1. The van der Waals surface area contributed by atoms with Gasteiger partial charge in [-0.15, -0.1) is 0 Å². The van der Waals surface area contributed by atoms with E-state index in [0.29, 0.717) is 35.6 Å². The molecular weight excluding hydrogens is 361 g/mol. The van der Waals surface area contributed by atoms with Gasteiger partial charge in [0.15, 0.2) is 0 Å². The minimum Gasteiger partial charge on any atom is -0.315 e. The Hall–Kier alpha value is -3.48. The number of nitro groups is 1. The van der Waals surface area contributed by atoms with Crippen molar-refractivity contribution < 1.29 is 14.1 Å². The molecule has 2 heterocycles. The lowest BCUT2D eigenvalue weighted by Gasteiger charge is -2.17. The van der Waals surface area contributed by atoms with Crippen molar-refractivity contribution >= 4 is 17.3 Å². The number of nitro benzene ring substituents is 1. The van der Waals surface area contributed by atoms with Gasteiger partial charge in [-0.1, -0.05) is 18.2 Å². The second-order valence-electron chi connectivity index (χ2n) is 6.85. The molecule has 0 unspecified atom stereocenters. The van der Waals surface area contributed by atoms with E-state index in [1.807, 2.05) is 6.92 Å². The summed E-state index contributed by atoms with van der Waals surface area (Å²) in [5, 5.41) is 11.1. The quantitative estimate of drug-likeness (QED) is 0.502. The van der Waals surface area contributed by atoms with Crippen LogP contribution in [0.25, 0.3) is 5.69 Å². The van der Waals surface area contributed by atoms with Crippen molar-refractivity contribution in [2.75, 3.05) is 11.4 Å². The second-order valence-corrected chi connectivity index (χ2v) is 6.85. The molecule has 7 heteroatoms. The normalized spacial score (nSPS) is 12.9. The van der Waals surface area contributed by atoms with Crippen molar-refractivity contribution in [1.29, 1.82) is 0 Å². The van der Waals surface area contributed by atoms with Gasteiger partial charge in [-0.3, -0.25) is 14.9 Å². The van der Waals surface area contributed by atoms with Crippen LogP contribution in [-0.2, 0) is 6.42 Å². The number of para-hydroxylation sites is 1. The van der Waals surface area contributed by atoms with E-state index in [1.54, 1.807) is 46.7 Å². The van der Waals surface area contributed by atoms with Crippen molar-refractivity contribution in [2.45, 2.75) is 20.3 Å². The number of carbonyl (C=O) groups is 1. The number of aromatic nitrogens is 1. The molecule has 1 aliphatic rings. The van der Waals surface area contributed by atoms with Gasteiger partial charge < -0.3 is 9.47 Å². The third-order valence-electron chi connectivity index (χ3n) is 5.18. The molecule has 2 aromatic carbocycles. The first-order valence-electron chi connectivity index (χ1n) is 8.91. The zero-order chi connectivity index (χ0) is 20.0. The first-order chi connectivity index (χ1) is 13.4. The van der Waals surface area contributed by atoms with Crippen molar-refractivity contribution in [1.82, 2.24) is 4.57 Å². The van der Waals surface area contributed by atoms with E-state index in [4.69, 9.17) is 0 Å². The van der Waals surface area contributed by atoms with Gasteiger partial charge in [0, 0.05) is 30.1 Å². The van der Waals surface area contributed by atoms with Gasteiger partial charge in [-0.05, 0) is 44.0 Å². The van der Waals surface area contributed by atoms with E-state index in [1.165, 1.54) is 18.2 Å². The maximum Gasteiger partial charge on any atom is 0.271 e. The number of anilines is 1. The molecule has 28 heavy (non-hydrogen) atoms. The number of halogens is 1. The Labute approximate surface area is 161 Å². The Morgan fingerprint density at radius 1 is 1.11 bits per heavy atom. The Morgan fingerprint density at radius 2 is 1.86 bits per heavy atom. The molecule has 0 saturated heterocycles. The second kappa shape index (κ2) is 6.60. The Balaban J connectivity index is 1.76. The lowest BCUT2D eigenvalue weighted by Crippen LogP contribution is -2.29. The number of carbonyl (C=O) groups excluding carboxylic acids is 1. The average Bonchev–Trinajstić information content (AvgIpc) is 3.22. The monoisotopic (exact) mass is 379 g/mol. The van der Waals surface area contributed by atoms with Gasteiger partial charge in [0.2, 0.25) is 0 Å². The minimum atomic E-state index is -0.467. The minimum absolute atomic E-state index is 0.0460. The molecule has 142 valence electrons. The van der Waals surface area contributed by atoms with Crippen LogP contribution in [0.2, 0.25) is 0 Å². The average molecular weight is 379 g/mol. The molecule has 1 aliphatic heterocycles. The lowest BCUT2D eigenvalue weighted by atomic mass is 10.1. The highest BCUT2D eigenvalue weighted by molar-refractivity contribution is 6.08. The fourth-order valence-corrected chi connectivity index (χ4v) is 3.82. The summed E-state index contributed by atoms with van der Waals surface area (Å²) < 4.78 is 16.0. The van der Waals surface area contributed by atoms with Crippen molar-refractivity contribution in [3.8, 4) is 5.69 Å². The number of aryl methyl sites for hydroxylation is 1. The molecule has 6 nitrogen and oxygen atoms in total. The maximum atomic E-state index is 14.3. The molecule has 0 atom stereocenters. The van der Waals surface area contributed by atoms with E-state index in [0.717, 1.165) is 11.3 Å². The van der Waals surface area contributed by atoms with Crippen LogP contribution in [0.3, 0.4) is 0 Å². The smallest absolute Gasteiger partial charge is 0.271 e. The molecule has 1 aromatic heterocycles. The molecule has 0 N–H and O–H groups in total. The van der Waals surface area contributed by atoms with Gasteiger partial charge in [-0.2, -0.15) is 0 Å². The Bertz CT molecular complexity index is 1120. The third kappa shape index (κ3) is 2.76. The SMILES string of the molecule is Cc1cc(C(=O)N2CCc3ccc([N+](=O)[O-])cc32)c(C)n1-c1ccccc1F. The van der Waals surface area contributed by atoms with Crippen LogP contribution in [-0.4, -0.2) is 21.9 Å². The van der Waals surface area contributed by atoms with E-state index in [-0.39, 0.29) is 17.4 Å². The number of non-ortho nitro benzene ring substituents is 1. The number of nitrogens with zero attached hydrogens (tertiary/aromatic N) is 3. The zero-order valence-corrected chi connectivity index (χ0v) is 15.5. The van der Waals surface area contributed by atoms with Gasteiger partial charge in [0.25, 0.3) is 11.6 Å². The number of rotatable bonds is 3. The summed E-state index contributed by atoms with van der Waals surface area (Å²) in [6.45, 7) is 4.05. The highest BCUT2D eigenvalue weighted by atomic mass is 19.1. The molecule has 0 saturated carbocycles. The van der Waals surface area contributed by atoms with Gasteiger partial charge in [0.05, 0.1) is 21.9 Å². The standard InChI is InChI=1S/C21H18FN3O3/c1-13-11-17(14(2)24(13)19-6-4-3-5-18(19)22)21(26)23-10-9-15-7-8-16(25(27)28)12-20(15)23/h3-8,11-12H,9-10H2,1-2H3. The zero-order valence-electron chi connectivity index (χ0n) is 15.5. The molecule has 0 radical (unpaired) electrons. The van der Waals surface area contributed by atoms with Crippen LogP contribution < -0.4 is 4.90 Å². The molecular formula is C21H18FN3O3. The molecule has 1 amide bonds. The summed E-state index contributed by atoms with van der Waals surface area (Å²) in [6, 6.07) is 12.7. The van der Waals surface area contributed by atoms with Crippen LogP contribution in [0.5, 0.6) is 0 Å².